The number of anilines is 1. The number of sulfonamides is 1. The van der Waals surface area contributed by atoms with Crippen molar-refractivity contribution in [1.82, 2.24) is 19.9 Å². The Hall–Kier alpha value is -4.22. The standard InChI is InChI=1S/C32H35N5O5S.ClH/c1-20-9-6-10-21(2)29(20)25-16-28-35-31(34-25)36-43(40,41)24-12-7-11-22(15-24)30(39)37(18-26-27(38)13-8-14-33-26)23(19-42-28)17-32(3,4)5;/h6-16,23,38H,17-19H2,1-5H3,(H,34,35,36);1H/t23-;/m1./s1. The van der Waals surface area contributed by atoms with E-state index in [2.05, 4.69) is 40.4 Å². The Morgan fingerprint density at radius 2 is 1.73 bits per heavy atom. The smallest absolute Gasteiger partial charge is 0.264 e. The van der Waals surface area contributed by atoms with Gasteiger partial charge in [-0.25, -0.2) is 18.1 Å². The highest BCUT2D eigenvalue weighted by Crippen LogP contribution is 2.32. The first-order valence-corrected chi connectivity index (χ1v) is 15.4. The van der Waals surface area contributed by atoms with Crippen LogP contribution in [0.1, 0.15) is 54.4 Å². The van der Waals surface area contributed by atoms with Crippen molar-refractivity contribution < 1.29 is 23.1 Å². The molecule has 4 bridgehead atoms. The Kier molecular flexibility index (Phi) is 9.50. The monoisotopic (exact) mass is 637 g/mol. The summed E-state index contributed by atoms with van der Waals surface area (Å²) in [4.78, 5) is 28.9. The van der Waals surface area contributed by atoms with Crippen LogP contribution in [0.2, 0.25) is 0 Å². The number of aromatic nitrogens is 3. The molecule has 3 heterocycles. The van der Waals surface area contributed by atoms with E-state index in [9.17, 15) is 18.3 Å². The van der Waals surface area contributed by atoms with Crippen LogP contribution in [-0.2, 0) is 16.6 Å². The lowest BCUT2D eigenvalue weighted by Crippen LogP contribution is -2.45. The molecular formula is C32H36ClN5O5S. The first kappa shape index (κ1) is 32.7. The van der Waals surface area contributed by atoms with Crippen LogP contribution in [0.4, 0.5) is 5.95 Å². The van der Waals surface area contributed by atoms with Gasteiger partial charge in [-0.1, -0.05) is 45.0 Å². The van der Waals surface area contributed by atoms with E-state index in [1.807, 2.05) is 32.0 Å². The molecule has 10 nitrogen and oxygen atoms in total. The average molecular weight is 638 g/mol. The quantitative estimate of drug-likeness (QED) is 0.281. The minimum Gasteiger partial charge on any atom is -0.506 e. The summed E-state index contributed by atoms with van der Waals surface area (Å²) in [5.74, 6) is -0.460. The van der Waals surface area contributed by atoms with Gasteiger partial charge in [-0.05, 0) is 67.1 Å². The zero-order valence-electron chi connectivity index (χ0n) is 25.2. The van der Waals surface area contributed by atoms with Crippen LogP contribution < -0.4 is 9.46 Å². The van der Waals surface area contributed by atoms with Crippen LogP contribution in [0.5, 0.6) is 11.6 Å². The summed E-state index contributed by atoms with van der Waals surface area (Å²) in [7, 11) is -4.18. The largest absolute Gasteiger partial charge is 0.506 e. The molecule has 44 heavy (non-hydrogen) atoms. The van der Waals surface area contributed by atoms with Gasteiger partial charge in [0.15, 0.2) is 0 Å². The van der Waals surface area contributed by atoms with Crippen molar-refractivity contribution in [2.45, 2.75) is 58.5 Å². The van der Waals surface area contributed by atoms with E-state index in [1.165, 1.54) is 24.3 Å². The second kappa shape index (κ2) is 12.8. The summed E-state index contributed by atoms with van der Waals surface area (Å²) in [6.07, 6.45) is 2.08. The molecule has 5 rings (SSSR count). The Morgan fingerprint density at radius 1 is 1.02 bits per heavy atom. The van der Waals surface area contributed by atoms with Gasteiger partial charge < -0.3 is 14.7 Å². The number of carbonyl (C=O) groups is 1. The third-order valence-electron chi connectivity index (χ3n) is 7.22. The van der Waals surface area contributed by atoms with E-state index in [0.29, 0.717) is 17.8 Å². The van der Waals surface area contributed by atoms with Gasteiger partial charge in [-0.15, -0.1) is 12.4 Å². The number of benzene rings is 2. The number of hydrogen-bond acceptors (Lipinski definition) is 8. The van der Waals surface area contributed by atoms with E-state index in [0.717, 1.165) is 16.7 Å². The highest BCUT2D eigenvalue weighted by atomic mass is 35.5. The number of hydrogen-bond donors (Lipinski definition) is 2. The predicted molar refractivity (Wildman–Crippen MR) is 171 cm³/mol. The number of amides is 1. The van der Waals surface area contributed by atoms with Crippen LogP contribution in [0.25, 0.3) is 11.3 Å². The number of rotatable bonds is 4. The molecule has 0 aliphatic carbocycles. The normalized spacial score (nSPS) is 16.3. The molecule has 1 aliphatic rings. The molecule has 1 amide bonds. The molecule has 2 aromatic carbocycles. The Bertz CT molecular complexity index is 1770. The predicted octanol–water partition coefficient (Wildman–Crippen LogP) is 5.92. The van der Waals surface area contributed by atoms with E-state index >= 15 is 0 Å². The Balaban J connectivity index is 0.00000442. The van der Waals surface area contributed by atoms with Crippen molar-refractivity contribution in [2.24, 2.45) is 5.41 Å². The number of ether oxygens (including phenoxy) is 1. The molecule has 12 heteroatoms. The summed E-state index contributed by atoms with van der Waals surface area (Å²) < 4.78 is 35.8. The highest BCUT2D eigenvalue weighted by Gasteiger charge is 2.32. The summed E-state index contributed by atoms with van der Waals surface area (Å²) in [5, 5.41) is 10.5. The number of aromatic hydroxyl groups is 1. The van der Waals surface area contributed by atoms with Gasteiger partial charge >= 0.3 is 0 Å². The van der Waals surface area contributed by atoms with Crippen molar-refractivity contribution in [1.29, 1.82) is 0 Å². The molecule has 0 saturated carbocycles. The van der Waals surface area contributed by atoms with Crippen molar-refractivity contribution >= 4 is 34.3 Å². The Morgan fingerprint density at radius 3 is 2.41 bits per heavy atom. The molecule has 232 valence electrons. The molecule has 1 atom stereocenters. The van der Waals surface area contributed by atoms with Gasteiger partial charge in [0.25, 0.3) is 15.9 Å². The number of fused-ring (bicyclic) bond motifs is 4. The maximum Gasteiger partial charge on any atom is 0.264 e. The molecule has 0 unspecified atom stereocenters. The maximum atomic E-state index is 14.2. The minimum atomic E-state index is -4.18. The SMILES string of the molecule is Cc1cccc(C)c1-c1cc2nc(n1)NS(=O)(=O)c1cccc(c1)C(=O)N(Cc1ncccc1O)[C@H](CC(C)(C)C)CO2.Cl. The molecule has 2 N–H and O–H groups in total. The highest BCUT2D eigenvalue weighted by molar-refractivity contribution is 7.92. The summed E-state index contributed by atoms with van der Waals surface area (Å²) in [6, 6.07) is 16.0. The maximum absolute atomic E-state index is 14.2. The molecule has 0 radical (unpaired) electrons. The summed E-state index contributed by atoms with van der Waals surface area (Å²) in [6.45, 7) is 10.1. The summed E-state index contributed by atoms with van der Waals surface area (Å²) >= 11 is 0. The van der Waals surface area contributed by atoms with Gasteiger partial charge in [0.2, 0.25) is 11.8 Å². The molecule has 0 saturated heterocycles. The molecule has 0 spiro atoms. The van der Waals surface area contributed by atoms with Crippen molar-refractivity contribution in [3.05, 3.63) is 89.2 Å². The first-order chi connectivity index (χ1) is 20.3. The van der Waals surface area contributed by atoms with Crippen LogP contribution in [-0.4, -0.2) is 51.9 Å². The second-order valence-electron chi connectivity index (χ2n) is 11.9. The number of pyridine rings is 1. The van der Waals surface area contributed by atoms with E-state index in [-0.39, 0.29) is 59.0 Å². The molecule has 4 aromatic rings. The van der Waals surface area contributed by atoms with E-state index < -0.39 is 22.0 Å². The van der Waals surface area contributed by atoms with Crippen LogP contribution in [0, 0.1) is 19.3 Å². The van der Waals surface area contributed by atoms with E-state index in [1.54, 1.807) is 29.3 Å². The average Bonchev–Trinajstić information content (AvgIpc) is 2.93. The van der Waals surface area contributed by atoms with Crippen LogP contribution in [0.3, 0.4) is 0 Å². The fourth-order valence-corrected chi connectivity index (χ4v) is 6.25. The lowest BCUT2D eigenvalue weighted by molar-refractivity contribution is 0.0507. The van der Waals surface area contributed by atoms with Crippen molar-refractivity contribution in [3.8, 4) is 22.9 Å². The summed E-state index contributed by atoms with van der Waals surface area (Å²) in [5.41, 5.74) is 3.52. The lowest BCUT2D eigenvalue weighted by Gasteiger charge is -2.35. The van der Waals surface area contributed by atoms with Crippen LogP contribution >= 0.6 is 12.4 Å². The van der Waals surface area contributed by atoms with E-state index in [4.69, 9.17) is 4.74 Å². The minimum absolute atomic E-state index is 0. The molecule has 1 aliphatic heterocycles. The zero-order chi connectivity index (χ0) is 30.9. The van der Waals surface area contributed by atoms with Gasteiger partial charge in [0.05, 0.1) is 23.2 Å². The molecule has 0 fully saturated rings. The lowest BCUT2D eigenvalue weighted by atomic mass is 9.87. The number of carbonyl (C=O) groups excluding carboxylic acids is 1. The molecular weight excluding hydrogens is 602 g/mol. The third-order valence-corrected chi connectivity index (χ3v) is 8.54. The number of aryl methyl sites for hydroxylation is 2. The Labute approximate surface area is 264 Å². The number of halogens is 1. The zero-order valence-corrected chi connectivity index (χ0v) is 26.9. The van der Waals surface area contributed by atoms with Gasteiger partial charge in [-0.2, -0.15) is 4.98 Å². The fraction of sp³-hybridized carbons (Fsp3) is 0.312. The topological polar surface area (TPSA) is 135 Å². The van der Waals surface area contributed by atoms with Crippen LogP contribution in [0.15, 0.2) is 71.8 Å². The number of nitrogens with zero attached hydrogens (tertiary/aromatic N) is 4. The molecule has 2 aromatic heterocycles. The van der Waals surface area contributed by atoms with Crippen molar-refractivity contribution in [3.63, 3.8) is 0 Å². The third kappa shape index (κ3) is 7.28. The van der Waals surface area contributed by atoms with Gasteiger partial charge in [0.1, 0.15) is 18.1 Å². The fourth-order valence-electron chi connectivity index (χ4n) is 5.26. The van der Waals surface area contributed by atoms with Gasteiger partial charge in [-0.3, -0.25) is 9.78 Å². The first-order valence-electron chi connectivity index (χ1n) is 14.0. The number of nitrogens with one attached hydrogen (secondary N) is 1. The van der Waals surface area contributed by atoms with Gasteiger partial charge in [0, 0.05) is 23.4 Å². The second-order valence-corrected chi connectivity index (χ2v) is 13.6. The van der Waals surface area contributed by atoms with Crippen molar-refractivity contribution in [2.75, 3.05) is 11.3 Å².